The van der Waals surface area contributed by atoms with E-state index in [2.05, 4.69) is 0 Å². The molecule has 0 fully saturated rings. The number of nitrogens with one attached hydrogen (secondary N) is 1. The van der Waals surface area contributed by atoms with E-state index in [0.29, 0.717) is 6.54 Å². The Kier molecular flexibility index (Phi) is 3.13. The molecule has 12 heavy (non-hydrogen) atoms. The van der Waals surface area contributed by atoms with Gasteiger partial charge in [-0.15, -0.1) is 0 Å². The molecule has 0 aromatic heterocycles. The van der Waals surface area contributed by atoms with Crippen LogP contribution in [0.4, 0.5) is 0 Å². The van der Waals surface area contributed by atoms with Crippen molar-refractivity contribution < 1.29 is 4.79 Å². The average Bonchev–Trinajstić information content (AvgIpc) is 2.17. The van der Waals surface area contributed by atoms with Crippen LogP contribution in [0.5, 0.6) is 0 Å². The third kappa shape index (κ3) is 1.99. The summed E-state index contributed by atoms with van der Waals surface area (Å²) in [7, 11) is 0. The maximum atomic E-state index is 10.9. The number of rotatable bonds is 2. The van der Waals surface area contributed by atoms with Gasteiger partial charge in [0.05, 0.1) is 0 Å². The number of hydrogen-bond donors (Lipinski definition) is 2. The molecule has 3 N–H and O–H groups in total. The van der Waals surface area contributed by atoms with Gasteiger partial charge >= 0.3 is 0 Å². The summed E-state index contributed by atoms with van der Waals surface area (Å²) in [6, 6.07) is 0. The second kappa shape index (κ2) is 4.13. The summed E-state index contributed by atoms with van der Waals surface area (Å²) >= 11 is 5.76. The Morgan fingerprint density at radius 1 is 1.67 bits per heavy atom. The molecule has 66 valence electrons. The Balaban J connectivity index is 2.52. The van der Waals surface area contributed by atoms with Crippen LogP contribution in [0, 0.1) is 0 Å². The number of allylic oxidation sites excluding steroid dienone is 2. The lowest BCUT2D eigenvalue weighted by Crippen LogP contribution is -2.44. The van der Waals surface area contributed by atoms with Crippen LogP contribution < -0.4 is 11.3 Å². The monoisotopic (exact) mass is 187 g/mol. The van der Waals surface area contributed by atoms with Gasteiger partial charge in [-0.2, -0.15) is 0 Å². The van der Waals surface area contributed by atoms with E-state index in [0.717, 1.165) is 0 Å². The largest absolute Gasteiger partial charge is 0.350 e. The topological polar surface area (TPSA) is 58.4 Å². The minimum absolute atomic E-state index is 0.406. The van der Waals surface area contributed by atoms with Gasteiger partial charge in [-0.1, -0.05) is 23.8 Å². The lowest BCUT2D eigenvalue weighted by molar-refractivity contribution is -0.123. The van der Waals surface area contributed by atoms with Crippen LogP contribution in [-0.4, -0.2) is 22.9 Å². The first-order chi connectivity index (χ1) is 5.75. The molecule has 1 rings (SSSR count). The molecule has 0 bridgehead atoms. The number of alkyl halides is 1. The molecule has 1 aliphatic heterocycles. The van der Waals surface area contributed by atoms with E-state index in [1.165, 1.54) is 0 Å². The van der Waals surface area contributed by atoms with Gasteiger partial charge < -0.3 is 4.90 Å². The Bertz CT molecular complexity index is 227. The molecule has 0 spiro atoms. The van der Waals surface area contributed by atoms with Gasteiger partial charge in [0.2, 0.25) is 0 Å². The fourth-order valence-corrected chi connectivity index (χ4v) is 1.08. The predicted octanol–water partition coefficient (Wildman–Crippen LogP) is -0.0733. The molecule has 1 unspecified atom stereocenters. The van der Waals surface area contributed by atoms with Crippen LogP contribution >= 0.6 is 11.6 Å². The van der Waals surface area contributed by atoms with Gasteiger partial charge in [-0.05, 0) is 6.08 Å². The summed E-state index contributed by atoms with van der Waals surface area (Å²) in [5.41, 5.74) is 1.25. The van der Waals surface area contributed by atoms with Crippen LogP contribution in [0.25, 0.3) is 0 Å². The van der Waals surface area contributed by atoms with Crippen LogP contribution in [0.2, 0.25) is 0 Å². The number of amides is 1. The summed E-state index contributed by atoms with van der Waals surface area (Å²) in [6.45, 7) is 0.623. The zero-order chi connectivity index (χ0) is 8.97. The Labute approximate surface area is 75.6 Å². The normalized spacial score (nSPS) is 17.7. The molecule has 1 aliphatic rings. The van der Waals surface area contributed by atoms with Gasteiger partial charge in [-0.3, -0.25) is 10.2 Å². The first-order valence-corrected chi connectivity index (χ1v) is 3.93. The Morgan fingerprint density at radius 2 is 2.42 bits per heavy atom. The summed E-state index contributed by atoms with van der Waals surface area (Å²) in [5.74, 6) is 4.52. The number of halogens is 1. The van der Waals surface area contributed by atoms with E-state index in [-0.39, 0.29) is 0 Å². The van der Waals surface area contributed by atoms with Crippen molar-refractivity contribution in [3.8, 4) is 0 Å². The fraction of sp³-hybridized carbons (Fsp3) is 0.286. The van der Waals surface area contributed by atoms with Gasteiger partial charge in [-0.25, -0.2) is 5.84 Å². The molecule has 0 aliphatic carbocycles. The van der Waals surface area contributed by atoms with Crippen LogP contribution in [0.1, 0.15) is 0 Å². The SMILES string of the molecule is NNC(=O)C(Cl)N1C=CC=CC1. The molecule has 0 aromatic carbocycles. The number of hydrogen-bond acceptors (Lipinski definition) is 3. The van der Waals surface area contributed by atoms with E-state index in [9.17, 15) is 4.79 Å². The average molecular weight is 188 g/mol. The van der Waals surface area contributed by atoms with E-state index >= 15 is 0 Å². The first-order valence-electron chi connectivity index (χ1n) is 3.49. The number of nitrogens with two attached hydrogens (primary N) is 1. The molecule has 4 nitrogen and oxygen atoms in total. The fourth-order valence-electron chi connectivity index (χ4n) is 0.870. The van der Waals surface area contributed by atoms with Crippen molar-refractivity contribution in [1.29, 1.82) is 0 Å². The van der Waals surface area contributed by atoms with E-state index < -0.39 is 11.4 Å². The minimum Gasteiger partial charge on any atom is -0.350 e. The molecule has 0 radical (unpaired) electrons. The quantitative estimate of drug-likeness (QED) is 0.209. The highest BCUT2D eigenvalue weighted by Crippen LogP contribution is 2.08. The highest BCUT2D eigenvalue weighted by molar-refractivity contribution is 6.30. The van der Waals surface area contributed by atoms with Crippen molar-refractivity contribution >= 4 is 17.5 Å². The molecule has 5 heteroatoms. The number of hydrazine groups is 1. The van der Waals surface area contributed by atoms with Gasteiger partial charge in [0.25, 0.3) is 5.91 Å². The van der Waals surface area contributed by atoms with E-state index in [1.54, 1.807) is 11.1 Å². The smallest absolute Gasteiger partial charge is 0.272 e. The minimum atomic E-state index is -0.740. The molecular formula is C7H10ClN3O. The number of carbonyl (C=O) groups is 1. The second-order valence-corrected chi connectivity index (χ2v) is 2.72. The Morgan fingerprint density at radius 3 is 2.92 bits per heavy atom. The van der Waals surface area contributed by atoms with Crippen LogP contribution in [0.15, 0.2) is 24.4 Å². The van der Waals surface area contributed by atoms with Crippen LogP contribution in [-0.2, 0) is 4.79 Å². The van der Waals surface area contributed by atoms with Crippen molar-refractivity contribution in [2.24, 2.45) is 5.84 Å². The van der Waals surface area contributed by atoms with Crippen molar-refractivity contribution in [1.82, 2.24) is 10.3 Å². The molecular weight excluding hydrogens is 178 g/mol. The summed E-state index contributed by atoms with van der Waals surface area (Å²) in [5, 5.41) is 0. The third-order valence-electron chi connectivity index (χ3n) is 1.49. The molecule has 0 aromatic rings. The van der Waals surface area contributed by atoms with Gasteiger partial charge in [0.1, 0.15) is 0 Å². The molecule has 1 amide bonds. The summed E-state index contributed by atoms with van der Waals surface area (Å²) < 4.78 is 0. The third-order valence-corrected chi connectivity index (χ3v) is 1.94. The highest BCUT2D eigenvalue weighted by atomic mass is 35.5. The first kappa shape index (κ1) is 9.09. The molecule has 0 saturated heterocycles. The lowest BCUT2D eigenvalue weighted by Gasteiger charge is -2.24. The maximum absolute atomic E-state index is 10.9. The maximum Gasteiger partial charge on any atom is 0.272 e. The number of nitrogens with zero attached hydrogens (tertiary/aromatic N) is 1. The standard InChI is InChI=1S/C7H10ClN3O/c8-6(7(12)10-9)11-4-2-1-3-5-11/h1-4,6H,5,9H2,(H,10,12). The zero-order valence-electron chi connectivity index (χ0n) is 6.40. The predicted molar refractivity (Wildman–Crippen MR) is 47.0 cm³/mol. The molecule has 0 saturated carbocycles. The van der Waals surface area contributed by atoms with Crippen molar-refractivity contribution in [2.75, 3.05) is 6.54 Å². The highest BCUT2D eigenvalue weighted by Gasteiger charge is 2.19. The number of carbonyl (C=O) groups excluding carboxylic acids is 1. The lowest BCUT2D eigenvalue weighted by atomic mass is 10.3. The summed E-state index contributed by atoms with van der Waals surface area (Å²) in [4.78, 5) is 12.6. The van der Waals surface area contributed by atoms with Crippen molar-refractivity contribution in [3.05, 3.63) is 24.4 Å². The van der Waals surface area contributed by atoms with Gasteiger partial charge in [0, 0.05) is 12.7 Å². The molecule has 1 heterocycles. The van der Waals surface area contributed by atoms with Crippen molar-refractivity contribution in [3.63, 3.8) is 0 Å². The van der Waals surface area contributed by atoms with Gasteiger partial charge in [0.15, 0.2) is 5.50 Å². The Hall–Kier alpha value is -1.00. The van der Waals surface area contributed by atoms with E-state index in [1.807, 2.05) is 23.7 Å². The van der Waals surface area contributed by atoms with Crippen molar-refractivity contribution in [2.45, 2.75) is 5.50 Å². The van der Waals surface area contributed by atoms with Crippen LogP contribution in [0.3, 0.4) is 0 Å². The second-order valence-electron chi connectivity index (χ2n) is 2.31. The zero-order valence-corrected chi connectivity index (χ0v) is 7.16. The molecule has 1 atom stereocenters. The summed E-state index contributed by atoms with van der Waals surface area (Å²) in [6.07, 6.45) is 7.34. The van der Waals surface area contributed by atoms with E-state index in [4.69, 9.17) is 17.4 Å².